The summed E-state index contributed by atoms with van der Waals surface area (Å²) in [6.45, 7) is 6.68. The lowest BCUT2D eigenvalue weighted by atomic mass is 9.41. The lowest BCUT2D eigenvalue weighted by Crippen LogP contribution is -2.65. The van der Waals surface area contributed by atoms with Crippen LogP contribution >= 0.6 is 21.6 Å². The van der Waals surface area contributed by atoms with Gasteiger partial charge in [0, 0.05) is 29.7 Å². The molecule has 8 rings (SSSR count). The van der Waals surface area contributed by atoms with E-state index < -0.39 is 17.8 Å². The summed E-state index contributed by atoms with van der Waals surface area (Å²) in [5.41, 5.74) is 2.59. The number of aliphatic hydroxyl groups excluding tert-OH is 2. The number of hydrogen-bond acceptors (Lipinski definition) is 7. The second-order valence-electron chi connectivity index (χ2n) is 15.4. The average molecular weight is 624 g/mol. The highest BCUT2D eigenvalue weighted by Crippen LogP contribution is 2.89. The Morgan fingerprint density at radius 1 is 1.21 bits per heavy atom. The molecule has 7 aliphatic rings. The largest absolute Gasteiger partial charge is 0.512 e. The molecule has 4 fully saturated rings. The van der Waals surface area contributed by atoms with E-state index in [9.17, 15) is 15.3 Å². The number of anilines is 1. The van der Waals surface area contributed by atoms with Crippen LogP contribution in [-0.2, 0) is 17.6 Å². The van der Waals surface area contributed by atoms with Gasteiger partial charge in [0.2, 0.25) is 0 Å². The molecule has 6 aliphatic carbocycles. The first kappa shape index (κ1) is 29.3. The Morgan fingerprint density at radius 3 is 2.79 bits per heavy atom. The molecule has 234 valence electrons. The van der Waals surface area contributed by atoms with Crippen molar-refractivity contribution in [3.8, 4) is 0 Å². The summed E-state index contributed by atoms with van der Waals surface area (Å²) in [7, 11) is 5.62. The van der Waals surface area contributed by atoms with Gasteiger partial charge in [0.1, 0.15) is 11.7 Å². The Morgan fingerprint density at radius 2 is 2.02 bits per heavy atom. The molecule has 0 aromatic heterocycles. The van der Waals surface area contributed by atoms with Crippen LogP contribution in [-0.4, -0.2) is 57.8 Å². The van der Waals surface area contributed by atoms with Gasteiger partial charge >= 0.3 is 0 Å². The number of nitrogens with one attached hydrogen (secondary N) is 1. The molecule has 1 heterocycles. The number of methoxy groups -OCH3 is 1. The van der Waals surface area contributed by atoms with Gasteiger partial charge < -0.3 is 25.4 Å². The van der Waals surface area contributed by atoms with Crippen LogP contribution < -0.4 is 5.32 Å². The van der Waals surface area contributed by atoms with E-state index in [1.165, 1.54) is 36.1 Å². The van der Waals surface area contributed by atoms with Crippen LogP contribution in [0.1, 0.15) is 64.0 Å². The average Bonchev–Trinajstić information content (AvgIpc) is 3.53. The summed E-state index contributed by atoms with van der Waals surface area (Å²) in [5.74, 6) is 4.47. The molecule has 13 atom stereocenters. The summed E-state index contributed by atoms with van der Waals surface area (Å²) in [6.07, 6.45) is 13.7. The molecule has 7 bridgehead atoms. The van der Waals surface area contributed by atoms with Gasteiger partial charge in [-0.15, -0.1) is 0 Å². The number of ether oxygens (including phenoxy) is 1. The van der Waals surface area contributed by atoms with Gasteiger partial charge in [-0.05, 0) is 116 Å². The minimum atomic E-state index is -1.05. The highest BCUT2D eigenvalue weighted by molar-refractivity contribution is 8.76. The quantitative estimate of drug-likeness (QED) is 0.218. The van der Waals surface area contributed by atoms with Crippen molar-refractivity contribution in [1.29, 1.82) is 0 Å². The van der Waals surface area contributed by atoms with Crippen molar-refractivity contribution in [1.82, 2.24) is 0 Å². The predicted octanol–water partition coefficient (Wildman–Crippen LogP) is 6.80. The van der Waals surface area contributed by atoms with Crippen molar-refractivity contribution in [2.75, 3.05) is 23.9 Å². The van der Waals surface area contributed by atoms with E-state index in [1.54, 1.807) is 7.11 Å². The van der Waals surface area contributed by atoms with E-state index in [0.717, 1.165) is 37.2 Å². The Bertz CT molecular complexity index is 1360. The number of rotatable bonds is 3. The molecular weight excluding hydrogens is 575 g/mol. The minimum Gasteiger partial charge on any atom is -0.512 e. The monoisotopic (exact) mass is 623 g/mol. The zero-order valence-electron chi connectivity index (χ0n) is 26.1. The molecule has 5 nitrogen and oxygen atoms in total. The topological polar surface area (TPSA) is 82.0 Å². The maximum absolute atomic E-state index is 13.0. The van der Waals surface area contributed by atoms with Crippen LogP contribution in [0.25, 0.3) is 0 Å². The third-order valence-corrected chi connectivity index (χ3v) is 17.0. The van der Waals surface area contributed by atoms with E-state index in [1.807, 2.05) is 34.6 Å². The Kier molecular flexibility index (Phi) is 6.77. The molecule has 43 heavy (non-hydrogen) atoms. The molecule has 0 saturated heterocycles. The van der Waals surface area contributed by atoms with Gasteiger partial charge in [-0.1, -0.05) is 59.7 Å². The van der Waals surface area contributed by atoms with Gasteiger partial charge in [-0.25, -0.2) is 0 Å². The third-order valence-electron chi connectivity index (χ3n) is 14.5. The van der Waals surface area contributed by atoms with E-state index in [-0.39, 0.29) is 34.1 Å². The molecule has 1 spiro atoms. The third kappa shape index (κ3) is 3.45. The van der Waals surface area contributed by atoms with Crippen LogP contribution in [0.2, 0.25) is 0 Å². The van der Waals surface area contributed by atoms with Crippen LogP contribution in [0.4, 0.5) is 5.69 Å². The normalized spacial score (nSPS) is 50.0. The van der Waals surface area contributed by atoms with E-state index in [0.29, 0.717) is 29.4 Å². The zero-order valence-corrected chi connectivity index (χ0v) is 27.7. The molecule has 0 radical (unpaired) electrons. The number of allylic oxidation sites excluding steroid dienone is 2. The van der Waals surface area contributed by atoms with Crippen molar-refractivity contribution in [3.63, 3.8) is 0 Å². The molecule has 0 unspecified atom stereocenters. The molecule has 1 aromatic rings. The van der Waals surface area contributed by atoms with Crippen molar-refractivity contribution in [2.45, 2.75) is 89.6 Å². The molecular formula is C36H49NO4S2. The summed E-state index contributed by atoms with van der Waals surface area (Å²) in [4.78, 5) is 0. The van der Waals surface area contributed by atoms with E-state index >= 15 is 0 Å². The van der Waals surface area contributed by atoms with Crippen molar-refractivity contribution in [3.05, 3.63) is 53.3 Å². The van der Waals surface area contributed by atoms with Crippen LogP contribution in [0.5, 0.6) is 0 Å². The Balaban J connectivity index is 1.24. The van der Waals surface area contributed by atoms with Crippen LogP contribution in [0, 0.1) is 51.8 Å². The van der Waals surface area contributed by atoms with Gasteiger partial charge in [0.15, 0.2) is 0 Å². The molecule has 4 N–H and O–H groups in total. The first-order chi connectivity index (χ1) is 20.7. The maximum Gasteiger partial charge on any atom is 0.111 e. The fraction of sp³-hybridized carbons (Fsp3) is 0.722. The van der Waals surface area contributed by atoms with E-state index in [4.69, 9.17) is 4.74 Å². The van der Waals surface area contributed by atoms with Gasteiger partial charge in [0.25, 0.3) is 0 Å². The second kappa shape index (κ2) is 9.94. The first-order valence-corrected chi connectivity index (χ1v) is 19.3. The van der Waals surface area contributed by atoms with E-state index in [2.05, 4.69) is 49.5 Å². The standard InChI is InChI=1S/C36H49NO4S2/c1-5-22-9-8-21-13-25-23(18-42-43-19-29(20(2)38)37-28(22)14-21)17-34-12-10-24-15-27-32-30(39)16-31(41-4)36(32,40)35(24,33(27,34)3)11-6-7-26(25)34/h6-9,14,16,20,23-27,29,31-32,37-40H,5,10-13,15,17-19H2,1-4H3/t20-,23+,24+,25+,26+,27-,29+,31-,32+,33+,34-,35-,36+/m0/s1. The van der Waals surface area contributed by atoms with Gasteiger partial charge in [-0.3, -0.25) is 0 Å². The molecule has 7 heteroatoms. The molecule has 1 aromatic carbocycles. The molecule has 0 amide bonds. The van der Waals surface area contributed by atoms with Crippen molar-refractivity contribution in [2.24, 2.45) is 51.8 Å². The number of fused-ring (bicyclic) bond motifs is 6. The summed E-state index contributed by atoms with van der Waals surface area (Å²) in [5, 5.41) is 38.7. The van der Waals surface area contributed by atoms with Crippen molar-refractivity contribution < 1.29 is 20.1 Å². The highest BCUT2D eigenvalue weighted by Gasteiger charge is 2.89. The lowest BCUT2D eigenvalue weighted by Gasteiger charge is -2.63. The maximum atomic E-state index is 13.0. The smallest absolute Gasteiger partial charge is 0.111 e. The second-order valence-corrected chi connectivity index (χ2v) is 17.9. The molecule has 4 saturated carbocycles. The number of aryl methyl sites for hydroxylation is 1. The van der Waals surface area contributed by atoms with Crippen LogP contribution in [0.15, 0.2) is 42.2 Å². The summed E-state index contributed by atoms with van der Waals surface area (Å²) < 4.78 is 6.01. The fourth-order valence-electron chi connectivity index (χ4n) is 12.9. The Labute approximate surface area is 265 Å². The first-order valence-electron chi connectivity index (χ1n) is 16.8. The highest BCUT2D eigenvalue weighted by atomic mass is 33.1. The zero-order chi connectivity index (χ0) is 29.9. The Hall–Kier alpha value is -1.12. The minimum absolute atomic E-state index is 0.0160. The molecule has 1 aliphatic heterocycles. The lowest BCUT2D eigenvalue weighted by molar-refractivity contribution is -0.228. The SMILES string of the molecule is CCc1ccc2cc1N[C@@H]([C@H](C)O)CSSC[C@H]1C[C@@]34CC[C@@H]5C[C@H]6[C@@H]7C(O)=C[C@H](OC)[C@]7(O)[C@]5(CC=C[C@@H]3[C@@H]1C2)[C@]64C. The fourth-order valence-corrected chi connectivity index (χ4v) is 15.7. The van der Waals surface area contributed by atoms with Crippen LogP contribution in [0.3, 0.4) is 0 Å². The van der Waals surface area contributed by atoms with Crippen molar-refractivity contribution >= 4 is 27.3 Å². The van der Waals surface area contributed by atoms with Gasteiger partial charge in [0.05, 0.1) is 23.8 Å². The predicted molar refractivity (Wildman–Crippen MR) is 176 cm³/mol. The summed E-state index contributed by atoms with van der Waals surface area (Å²) >= 11 is 0. The number of hydrogen-bond donors (Lipinski definition) is 4. The van der Waals surface area contributed by atoms with Gasteiger partial charge in [-0.2, -0.15) is 0 Å². The summed E-state index contributed by atoms with van der Waals surface area (Å²) in [6, 6.07) is 7.06. The number of aliphatic hydroxyl groups is 3. The number of benzene rings is 1.